The summed E-state index contributed by atoms with van der Waals surface area (Å²) in [6.45, 7) is 21.6. The molecule has 0 unspecified atom stereocenters. The smallest absolute Gasteiger partial charge is 0.146 e. The van der Waals surface area contributed by atoms with Crippen LogP contribution in [-0.2, 0) is 5.41 Å². The Kier molecular flexibility index (Phi) is 10.4. The zero-order valence-electron chi connectivity index (χ0n) is 20.2. The number of ether oxygens (including phenoxy) is 1. The molecule has 0 amide bonds. The highest BCUT2D eigenvalue weighted by molar-refractivity contribution is 5.63. The van der Waals surface area contributed by atoms with Gasteiger partial charge in [-0.3, -0.25) is 0 Å². The Labute approximate surface area is 176 Å². The summed E-state index contributed by atoms with van der Waals surface area (Å²) < 4.78 is 6.51. The first-order chi connectivity index (χ1) is 13.2. The largest absolute Gasteiger partial charge is 0.491 e. The minimum Gasteiger partial charge on any atom is -0.491 e. The van der Waals surface area contributed by atoms with Crippen LogP contribution in [0.5, 0.6) is 5.75 Å². The molecule has 1 rings (SSSR count). The van der Waals surface area contributed by atoms with Crippen LogP contribution >= 0.6 is 0 Å². The third kappa shape index (κ3) is 8.05. The molecule has 0 N–H and O–H groups in total. The predicted molar refractivity (Wildman–Crippen MR) is 126 cm³/mol. The van der Waals surface area contributed by atoms with Crippen LogP contribution in [0.1, 0.15) is 106 Å². The molecule has 162 valence electrons. The average molecular weight is 390 g/mol. The van der Waals surface area contributed by atoms with E-state index in [-0.39, 0.29) is 10.8 Å². The molecule has 0 bridgehead atoms. The van der Waals surface area contributed by atoms with Crippen molar-refractivity contribution in [1.29, 1.82) is 0 Å². The molecule has 0 saturated heterocycles. The molecule has 0 aliphatic rings. The molecule has 0 saturated carbocycles. The fourth-order valence-corrected chi connectivity index (χ4v) is 4.25. The van der Waals surface area contributed by atoms with E-state index < -0.39 is 0 Å². The second-order valence-electron chi connectivity index (χ2n) is 10.2. The molecule has 28 heavy (non-hydrogen) atoms. The van der Waals surface area contributed by atoms with E-state index in [4.69, 9.17) is 4.74 Å². The maximum Gasteiger partial charge on any atom is 0.146 e. The van der Waals surface area contributed by atoms with Crippen LogP contribution in [0.4, 0.5) is 5.69 Å². The number of hydrogen-bond donors (Lipinski definition) is 0. The summed E-state index contributed by atoms with van der Waals surface area (Å²) in [5.41, 5.74) is 3.04. The van der Waals surface area contributed by atoms with Gasteiger partial charge in [0.1, 0.15) is 5.75 Å². The van der Waals surface area contributed by atoms with Gasteiger partial charge in [0.15, 0.2) is 0 Å². The Morgan fingerprint density at radius 1 is 0.821 bits per heavy atom. The van der Waals surface area contributed by atoms with Gasteiger partial charge in [-0.2, -0.15) is 0 Å². The van der Waals surface area contributed by atoms with Crippen molar-refractivity contribution in [2.24, 2.45) is 5.41 Å². The van der Waals surface area contributed by atoms with Crippen LogP contribution < -0.4 is 9.64 Å². The van der Waals surface area contributed by atoms with Gasteiger partial charge < -0.3 is 9.64 Å². The predicted octanol–water partition coefficient (Wildman–Crippen LogP) is 7.99. The van der Waals surface area contributed by atoms with Crippen molar-refractivity contribution in [3.05, 3.63) is 23.8 Å². The third-order valence-corrected chi connectivity index (χ3v) is 5.34. The van der Waals surface area contributed by atoms with Gasteiger partial charge in [0.25, 0.3) is 0 Å². The van der Waals surface area contributed by atoms with Crippen molar-refractivity contribution in [2.45, 2.75) is 106 Å². The van der Waals surface area contributed by atoms with E-state index in [1.165, 1.54) is 36.9 Å². The van der Waals surface area contributed by atoms with Gasteiger partial charge in [0, 0.05) is 18.7 Å². The van der Waals surface area contributed by atoms with Crippen LogP contribution in [0.15, 0.2) is 18.2 Å². The Morgan fingerprint density at radius 3 is 1.89 bits per heavy atom. The minimum absolute atomic E-state index is 0.0803. The zero-order valence-corrected chi connectivity index (χ0v) is 20.2. The summed E-state index contributed by atoms with van der Waals surface area (Å²) in [7, 11) is 0. The lowest BCUT2D eigenvalue weighted by atomic mass is 9.72. The summed E-state index contributed by atoms with van der Waals surface area (Å²) in [5, 5.41) is 0. The standard InChI is InChI=1S/C26H47NO/c1-9-12-18-27(19-13-10-2)23-17-15-16-22(24(23)28-20-14-11-3)26(7,8)21-25(4,5)6/h15-17H,9-14,18-21H2,1-8H3. The van der Waals surface area contributed by atoms with Gasteiger partial charge in [-0.15, -0.1) is 0 Å². The summed E-state index contributed by atoms with van der Waals surface area (Å²) >= 11 is 0. The number of para-hydroxylation sites is 1. The second-order valence-corrected chi connectivity index (χ2v) is 10.2. The Balaban J connectivity index is 3.36. The number of nitrogens with zero attached hydrogens (tertiary/aromatic N) is 1. The second kappa shape index (κ2) is 11.7. The summed E-state index contributed by atoms with van der Waals surface area (Å²) in [6.07, 6.45) is 8.32. The van der Waals surface area contributed by atoms with Crippen LogP contribution in [0.2, 0.25) is 0 Å². The number of unbranched alkanes of at least 4 members (excludes halogenated alkanes) is 3. The Morgan fingerprint density at radius 2 is 1.39 bits per heavy atom. The van der Waals surface area contributed by atoms with E-state index in [1.54, 1.807) is 0 Å². The molecule has 0 spiro atoms. The molecule has 0 radical (unpaired) electrons. The van der Waals surface area contributed by atoms with Crippen molar-refractivity contribution < 1.29 is 4.74 Å². The molecule has 1 aromatic carbocycles. The number of anilines is 1. The van der Waals surface area contributed by atoms with Crippen LogP contribution in [0, 0.1) is 5.41 Å². The SMILES string of the molecule is CCCCOc1c(N(CCCC)CCCC)cccc1C(C)(C)CC(C)(C)C. The van der Waals surface area contributed by atoms with Crippen molar-refractivity contribution in [1.82, 2.24) is 0 Å². The summed E-state index contributed by atoms with van der Waals surface area (Å²) in [6, 6.07) is 6.82. The van der Waals surface area contributed by atoms with Gasteiger partial charge in [-0.1, -0.05) is 86.8 Å². The molecule has 0 atom stereocenters. The molecule has 0 fully saturated rings. The van der Waals surface area contributed by atoms with Gasteiger partial charge in [-0.25, -0.2) is 0 Å². The van der Waals surface area contributed by atoms with Gasteiger partial charge in [-0.05, 0) is 42.6 Å². The number of hydrogen-bond acceptors (Lipinski definition) is 2. The van der Waals surface area contributed by atoms with E-state index >= 15 is 0 Å². The molecule has 2 nitrogen and oxygen atoms in total. The Hall–Kier alpha value is -1.18. The highest BCUT2D eigenvalue weighted by Crippen LogP contribution is 2.44. The molecular weight excluding hydrogens is 342 g/mol. The van der Waals surface area contributed by atoms with Crippen LogP contribution in [-0.4, -0.2) is 19.7 Å². The Bertz CT molecular complexity index is 548. The topological polar surface area (TPSA) is 12.5 Å². The van der Waals surface area contributed by atoms with E-state index in [0.717, 1.165) is 44.7 Å². The maximum absolute atomic E-state index is 6.51. The molecule has 0 heterocycles. The van der Waals surface area contributed by atoms with E-state index in [9.17, 15) is 0 Å². The highest BCUT2D eigenvalue weighted by Gasteiger charge is 2.31. The van der Waals surface area contributed by atoms with Gasteiger partial charge in [0.05, 0.1) is 12.3 Å². The first-order valence-electron chi connectivity index (χ1n) is 11.7. The number of rotatable bonds is 13. The normalized spacial score (nSPS) is 12.3. The van der Waals surface area contributed by atoms with Crippen LogP contribution in [0.3, 0.4) is 0 Å². The van der Waals surface area contributed by atoms with Crippen molar-refractivity contribution in [2.75, 3.05) is 24.6 Å². The molecule has 1 aromatic rings. The maximum atomic E-state index is 6.51. The first kappa shape index (κ1) is 24.9. The van der Waals surface area contributed by atoms with Gasteiger partial charge in [0.2, 0.25) is 0 Å². The lowest BCUT2D eigenvalue weighted by molar-refractivity contribution is 0.264. The van der Waals surface area contributed by atoms with Crippen molar-refractivity contribution >= 4 is 5.69 Å². The summed E-state index contributed by atoms with van der Waals surface area (Å²) in [4.78, 5) is 2.57. The van der Waals surface area contributed by atoms with Crippen molar-refractivity contribution in [3.8, 4) is 5.75 Å². The zero-order chi connectivity index (χ0) is 21.2. The molecule has 2 heteroatoms. The molecule has 0 aromatic heterocycles. The minimum atomic E-state index is 0.0803. The lowest BCUT2D eigenvalue weighted by Crippen LogP contribution is -2.29. The van der Waals surface area contributed by atoms with E-state index in [2.05, 4.69) is 78.5 Å². The number of benzene rings is 1. The lowest BCUT2D eigenvalue weighted by Gasteiger charge is -2.36. The third-order valence-electron chi connectivity index (χ3n) is 5.34. The fourth-order valence-electron chi connectivity index (χ4n) is 4.25. The monoisotopic (exact) mass is 389 g/mol. The van der Waals surface area contributed by atoms with Gasteiger partial charge >= 0.3 is 0 Å². The quantitative estimate of drug-likeness (QED) is 0.317. The molecule has 0 aliphatic carbocycles. The highest BCUT2D eigenvalue weighted by atomic mass is 16.5. The van der Waals surface area contributed by atoms with E-state index in [1.807, 2.05) is 0 Å². The first-order valence-corrected chi connectivity index (χ1v) is 11.7. The van der Waals surface area contributed by atoms with Crippen molar-refractivity contribution in [3.63, 3.8) is 0 Å². The van der Waals surface area contributed by atoms with Crippen LogP contribution in [0.25, 0.3) is 0 Å². The van der Waals surface area contributed by atoms with E-state index in [0.29, 0.717) is 0 Å². The summed E-state index contributed by atoms with van der Waals surface area (Å²) in [5.74, 6) is 1.14. The average Bonchev–Trinajstić information content (AvgIpc) is 2.60. The fraction of sp³-hybridized carbons (Fsp3) is 0.769. The molecule has 0 aliphatic heterocycles. The molecular formula is C26H47NO.